The second kappa shape index (κ2) is 7.02. The molecular weight excluding hydrogens is 326 g/mol. The average Bonchev–Trinajstić information content (AvgIpc) is 2.93. The number of anilines is 2. The van der Waals surface area contributed by atoms with Gasteiger partial charge < -0.3 is 15.8 Å². The molecule has 2 heterocycles. The number of nitrogens with one attached hydrogen (secondary N) is 2. The molecule has 3 rings (SSSR count). The van der Waals surface area contributed by atoms with Crippen LogP contribution in [0.1, 0.15) is 33.3 Å². The molecule has 2 aromatic rings. The topological polar surface area (TPSA) is 93.5 Å². The highest BCUT2D eigenvalue weighted by Gasteiger charge is 2.25. The van der Waals surface area contributed by atoms with Gasteiger partial charge in [-0.1, -0.05) is 25.1 Å². The fourth-order valence-electron chi connectivity index (χ4n) is 2.79. The van der Waals surface area contributed by atoms with Gasteiger partial charge in [0.1, 0.15) is 5.00 Å². The predicted molar refractivity (Wildman–Crippen MR) is 94.7 cm³/mol. The molecule has 1 aromatic carbocycles. The molecule has 126 valence electrons. The maximum Gasteiger partial charge on any atom is 0.324 e. The number of ether oxygens (including phenoxy) is 1. The van der Waals surface area contributed by atoms with Crippen LogP contribution >= 0.6 is 11.3 Å². The molecule has 0 aliphatic carbocycles. The largest absolute Gasteiger partial charge is 0.376 e. The first-order valence-electron chi connectivity index (χ1n) is 7.78. The van der Waals surface area contributed by atoms with E-state index in [9.17, 15) is 9.59 Å². The lowest BCUT2D eigenvalue weighted by Crippen LogP contribution is -2.23. The van der Waals surface area contributed by atoms with Gasteiger partial charge in [0, 0.05) is 10.6 Å². The quantitative estimate of drug-likeness (QED) is 0.795. The van der Waals surface area contributed by atoms with E-state index in [1.807, 2.05) is 31.2 Å². The van der Waals surface area contributed by atoms with Gasteiger partial charge in [0.05, 0.1) is 18.8 Å². The predicted octanol–water partition coefficient (Wildman–Crippen LogP) is 3.13. The van der Waals surface area contributed by atoms with Gasteiger partial charge in [-0.05, 0) is 30.0 Å². The van der Waals surface area contributed by atoms with E-state index in [-0.39, 0.29) is 0 Å². The van der Waals surface area contributed by atoms with Crippen LogP contribution in [-0.4, -0.2) is 18.5 Å². The summed E-state index contributed by atoms with van der Waals surface area (Å²) in [6.45, 7) is 3.03. The zero-order valence-electron chi connectivity index (χ0n) is 13.3. The van der Waals surface area contributed by atoms with Gasteiger partial charge in [0.15, 0.2) is 0 Å². The van der Waals surface area contributed by atoms with Crippen LogP contribution in [0.25, 0.3) is 0 Å². The van der Waals surface area contributed by atoms with Crippen LogP contribution in [0.5, 0.6) is 0 Å². The summed E-state index contributed by atoms with van der Waals surface area (Å²) in [7, 11) is 0. The van der Waals surface area contributed by atoms with Crippen LogP contribution in [0.4, 0.5) is 15.5 Å². The molecule has 0 bridgehead atoms. The van der Waals surface area contributed by atoms with E-state index in [4.69, 9.17) is 10.5 Å². The SMILES string of the molecule is CCc1ccccc1NC(=O)Nc1sc2c(c1C(N)=O)CCOC2. The number of hydrogen-bond donors (Lipinski definition) is 3. The van der Waals surface area contributed by atoms with Gasteiger partial charge in [-0.2, -0.15) is 0 Å². The molecule has 24 heavy (non-hydrogen) atoms. The Bertz CT molecular complexity index is 785. The Labute approximate surface area is 144 Å². The van der Waals surface area contributed by atoms with Crippen LogP contribution in [-0.2, 0) is 24.2 Å². The molecule has 7 heteroatoms. The van der Waals surface area contributed by atoms with Crippen molar-refractivity contribution in [2.75, 3.05) is 17.2 Å². The van der Waals surface area contributed by atoms with Crippen molar-refractivity contribution in [3.05, 3.63) is 45.8 Å². The van der Waals surface area contributed by atoms with Gasteiger partial charge in [0.25, 0.3) is 5.91 Å². The summed E-state index contributed by atoms with van der Waals surface area (Å²) in [4.78, 5) is 25.1. The van der Waals surface area contributed by atoms with Crippen molar-refractivity contribution in [3.8, 4) is 0 Å². The molecule has 0 radical (unpaired) electrons. The van der Waals surface area contributed by atoms with E-state index in [2.05, 4.69) is 10.6 Å². The van der Waals surface area contributed by atoms with Crippen LogP contribution < -0.4 is 16.4 Å². The zero-order chi connectivity index (χ0) is 17.1. The Morgan fingerprint density at radius 1 is 1.29 bits per heavy atom. The number of carbonyl (C=O) groups is 2. The van der Waals surface area contributed by atoms with Gasteiger partial charge in [-0.3, -0.25) is 10.1 Å². The number of urea groups is 1. The minimum atomic E-state index is -0.529. The third kappa shape index (κ3) is 3.27. The highest BCUT2D eigenvalue weighted by atomic mass is 32.1. The lowest BCUT2D eigenvalue weighted by molar-refractivity contribution is 0.0991. The summed E-state index contributed by atoms with van der Waals surface area (Å²) in [5.41, 5.74) is 8.60. The lowest BCUT2D eigenvalue weighted by Gasteiger charge is -2.12. The maximum absolute atomic E-state index is 12.3. The third-order valence-corrected chi connectivity index (χ3v) is 5.06. The smallest absolute Gasteiger partial charge is 0.324 e. The first-order chi connectivity index (χ1) is 11.6. The first-order valence-corrected chi connectivity index (χ1v) is 8.59. The minimum Gasteiger partial charge on any atom is -0.376 e. The van der Waals surface area contributed by atoms with Gasteiger partial charge in [0.2, 0.25) is 0 Å². The average molecular weight is 345 g/mol. The highest BCUT2D eigenvalue weighted by Crippen LogP contribution is 2.36. The summed E-state index contributed by atoms with van der Waals surface area (Å²) >= 11 is 1.34. The Hall–Kier alpha value is -2.38. The summed E-state index contributed by atoms with van der Waals surface area (Å²) in [6.07, 6.45) is 1.44. The fraction of sp³-hybridized carbons (Fsp3) is 0.294. The standard InChI is InChI=1S/C17H19N3O3S/c1-2-10-5-3-4-6-12(10)19-17(22)20-16-14(15(18)21)11-7-8-23-9-13(11)24-16/h3-6H,2,7-9H2,1H3,(H2,18,21)(H2,19,20,22). The number of primary amides is 1. The molecule has 1 aromatic heterocycles. The Morgan fingerprint density at radius 3 is 2.83 bits per heavy atom. The Balaban J connectivity index is 1.82. The van der Waals surface area contributed by atoms with E-state index in [0.717, 1.165) is 28.1 Å². The van der Waals surface area contributed by atoms with E-state index >= 15 is 0 Å². The number of para-hydroxylation sites is 1. The number of fused-ring (bicyclic) bond motifs is 1. The second-order valence-corrected chi connectivity index (χ2v) is 6.57. The normalized spacial score (nSPS) is 13.2. The third-order valence-electron chi connectivity index (χ3n) is 3.94. The molecule has 0 saturated heterocycles. The molecule has 1 aliphatic rings. The molecule has 0 saturated carbocycles. The van der Waals surface area contributed by atoms with Crippen molar-refractivity contribution >= 4 is 34.0 Å². The van der Waals surface area contributed by atoms with Crippen LogP contribution in [0.15, 0.2) is 24.3 Å². The number of amides is 3. The number of nitrogens with two attached hydrogens (primary N) is 1. The number of carbonyl (C=O) groups excluding carboxylic acids is 2. The number of aryl methyl sites for hydroxylation is 1. The number of thiophene rings is 1. The lowest BCUT2D eigenvalue weighted by atomic mass is 10.1. The van der Waals surface area contributed by atoms with Gasteiger partial charge >= 0.3 is 6.03 Å². The maximum atomic E-state index is 12.3. The van der Waals surface area contributed by atoms with Crippen molar-refractivity contribution in [2.24, 2.45) is 5.73 Å². The van der Waals surface area contributed by atoms with E-state index < -0.39 is 11.9 Å². The minimum absolute atomic E-state index is 0.391. The van der Waals surface area contributed by atoms with Crippen molar-refractivity contribution in [3.63, 3.8) is 0 Å². The van der Waals surface area contributed by atoms with Gasteiger partial charge in [-0.15, -0.1) is 11.3 Å². The number of benzene rings is 1. The van der Waals surface area contributed by atoms with E-state index in [0.29, 0.717) is 30.2 Å². The Morgan fingerprint density at radius 2 is 2.08 bits per heavy atom. The molecule has 4 N–H and O–H groups in total. The van der Waals surface area contributed by atoms with Crippen LogP contribution in [0, 0.1) is 0 Å². The molecule has 0 atom stereocenters. The molecule has 1 aliphatic heterocycles. The summed E-state index contributed by atoms with van der Waals surface area (Å²) in [5, 5.41) is 6.07. The van der Waals surface area contributed by atoms with Crippen LogP contribution in [0.3, 0.4) is 0 Å². The second-order valence-electron chi connectivity index (χ2n) is 5.46. The summed E-state index contributed by atoms with van der Waals surface area (Å²) in [6, 6.07) is 7.22. The van der Waals surface area contributed by atoms with Crippen LogP contribution in [0.2, 0.25) is 0 Å². The zero-order valence-corrected chi connectivity index (χ0v) is 14.2. The highest BCUT2D eigenvalue weighted by molar-refractivity contribution is 7.17. The Kier molecular flexibility index (Phi) is 4.82. The molecule has 3 amide bonds. The summed E-state index contributed by atoms with van der Waals surface area (Å²) < 4.78 is 5.40. The fourth-order valence-corrected chi connectivity index (χ4v) is 3.97. The van der Waals surface area contributed by atoms with Crippen molar-refractivity contribution in [1.29, 1.82) is 0 Å². The van der Waals surface area contributed by atoms with Crippen molar-refractivity contribution < 1.29 is 14.3 Å². The first kappa shape index (κ1) is 16.5. The number of hydrogen-bond acceptors (Lipinski definition) is 4. The molecular formula is C17H19N3O3S. The molecule has 6 nitrogen and oxygen atoms in total. The molecule has 0 spiro atoms. The molecule has 0 fully saturated rings. The monoisotopic (exact) mass is 345 g/mol. The number of rotatable bonds is 4. The van der Waals surface area contributed by atoms with Gasteiger partial charge in [-0.25, -0.2) is 4.79 Å². The van der Waals surface area contributed by atoms with E-state index in [1.165, 1.54) is 11.3 Å². The molecule has 0 unspecified atom stereocenters. The summed E-state index contributed by atoms with van der Waals surface area (Å²) in [5.74, 6) is -0.529. The van der Waals surface area contributed by atoms with Crippen molar-refractivity contribution in [2.45, 2.75) is 26.4 Å². The van der Waals surface area contributed by atoms with E-state index in [1.54, 1.807) is 0 Å². The van der Waals surface area contributed by atoms with Crippen molar-refractivity contribution in [1.82, 2.24) is 0 Å².